The third-order valence-electron chi connectivity index (χ3n) is 4.43. The predicted molar refractivity (Wildman–Crippen MR) is 82.4 cm³/mol. The van der Waals surface area contributed by atoms with Crippen molar-refractivity contribution in [1.29, 1.82) is 0 Å². The van der Waals surface area contributed by atoms with Gasteiger partial charge < -0.3 is 10.6 Å². The lowest BCUT2D eigenvalue weighted by Crippen LogP contribution is -2.44. The predicted octanol–water partition coefficient (Wildman–Crippen LogP) is 0.757. The smallest absolute Gasteiger partial charge is 0.237 e. The first-order chi connectivity index (χ1) is 10.6. The fraction of sp³-hybridized carbons (Fsp3) is 0.667. The highest BCUT2D eigenvalue weighted by Crippen LogP contribution is 2.26. The molecule has 0 radical (unpaired) electrons. The number of hydrogen-bond donors (Lipinski definition) is 2. The van der Waals surface area contributed by atoms with Crippen molar-refractivity contribution in [2.24, 2.45) is 0 Å². The fourth-order valence-corrected chi connectivity index (χ4v) is 3.33. The van der Waals surface area contributed by atoms with Crippen molar-refractivity contribution in [3.05, 3.63) is 12.3 Å². The zero-order chi connectivity index (χ0) is 15.5. The highest BCUT2D eigenvalue weighted by Gasteiger charge is 2.33. The Labute approximate surface area is 130 Å². The summed E-state index contributed by atoms with van der Waals surface area (Å²) in [6.07, 6.45) is 5.98. The van der Waals surface area contributed by atoms with Crippen LogP contribution in [0, 0.1) is 0 Å². The first-order valence-electron chi connectivity index (χ1n) is 7.98. The van der Waals surface area contributed by atoms with Gasteiger partial charge in [0.2, 0.25) is 11.8 Å². The van der Waals surface area contributed by atoms with Gasteiger partial charge in [-0.3, -0.25) is 19.2 Å². The highest BCUT2D eigenvalue weighted by atomic mass is 16.2. The second kappa shape index (κ2) is 6.48. The summed E-state index contributed by atoms with van der Waals surface area (Å²) in [6.45, 7) is 4.02. The number of carbonyl (C=O) groups excluding carboxylic acids is 2. The van der Waals surface area contributed by atoms with Gasteiger partial charge in [-0.05, 0) is 25.7 Å². The van der Waals surface area contributed by atoms with E-state index in [2.05, 4.69) is 20.6 Å². The lowest BCUT2D eigenvalue weighted by Gasteiger charge is -2.25. The van der Waals surface area contributed by atoms with Gasteiger partial charge in [0.1, 0.15) is 0 Å². The van der Waals surface area contributed by atoms with Crippen LogP contribution >= 0.6 is 0 Å². The lowest BCUT2D eigenvalue weighted by atomic mass is 10.1. The Balaban J connectivity index is 1.62. The zero-order valence-electron chi connectivity index (χ0n) is 12.9. The van der Waals surface area contributed by atoms with Gasteiger partial charge in [-0.15, -0.1) is 0 Å². The Morgan fingerprint density at radius 2 is 2.27 bits per heavy atom. The van der Waals surface area contributed by atoms with Crippen molar-refractivity contribution >= 4 is 17.6 Å². The number of carbonyl (C=O) groups is 2. The Morgan fingerprint density at radius 3 is 3.09 bits per heavy atom. The average Bonchev–Trinajstić information content (AvgIpc) is 3.06. The standard InChI is InChI=1S/C15H23N5O2/c1-11(21)17-14-6-9-20(18-14)12-5-8-19(10-12)13-4-2-3-7-16-15(13)22/h6,9,12-13H,2-5,7-8,10H2,1H3,(H,16,22)(H,17,18,21)/t12-,13+/m1/s1. The van der Waals surface area contributed by atoms with E-state index in [0.717, 1.165) is 45.3 Å². The molecule has 2 fully saturated rings. The van der Waals surface area contributed by atoms with E-state index in [4.69, 9.17) is 0 Å². The van der Waals surface area contributed by atoms with E-state index in [9.17, 15) is 9.59 Å². The normalized spacial score (nSPS) is 26.5. The van der Waals surface area contributed by atoms with Crippen LogP contribution in [0.4, 0.5) is 5.82 Å². The van der Waals surface area contributed by atoms with Crippen molar-refractivity contribution in [1.82, 2.24) is 20.0 Å². The summed E-state index contributed by atoms with van der Waals surface area (Å²) in [5, 5.41) is 10.1. The third-order valence-corrected chi connectivity index (χ3v) is 4.43. The van der Waals surface area contributed by atoms with E-state index >= 15 is 0 Å². The quantitative estimate of drug-likeness (QED) is 0.864. The summed E-state index contributed by atoms with van der Waals surface area (Å²) in [4.78, 5) is 25.5. The minimum atomic E-state index is -0.117. The molecule has 2 aliphatic heterocycles. The summed E-state index contributed by atoms with van der Waals surface area (Å²) in [5.41, 5.74) is 0. The van der Waals surface area contributed by atoms with Gasteiger partial charge in [-0.25, -0.2) is 0 Å². The van der Waals surface area contributed by atoms with Crippen molar-refractivity contribution in [2.75, 3.05) is 25.0 Å². The Hall–Kier alpha value is -1.89. The van der Waals surface area contributed by atoms with Gasteiger partial charge in [0.05, 0.1) is 12.1 Å². The molecule has 3 rings (SSSR count). The highest BCUT2D eigenvalue weighted by molar-refractivity contribution is 5.87. The monoisotopic (exact) mass is 305 g/mol. The number of anilines is 1. The maximum absolute atomic E-state index is 12.1. The molecule has 1 aromatic rings. The van der Waals surface area contributed by atoms with Gasteiger partial charge in [-0.1, -0.05) is 0 Å². The molecule has 0 aliphatic carbocycles. The second-order valence-corrected chi connectivity index (χ2v) is 6.10. The van der Waals surface area contributed by atoms with Crippen molar-refractivity contribution < 1.29 is 9.59 Å². The van der Waals surface area contributed by atoms with Crippen LogP contribution in [0.25, 0.3) is 0 Å². The SMILES string of the molecule is CC(=O)Nc1ccn([C@@H]2CCN([C@H]3CCCCNC3=O)C2)n1. The Kier molecular flexibility index (Phi) is 4.42. The number of hydrogen-bond acceptors (Lipinski definition) is 4. The molecule has 22 heavy (non-hydrogen) atoms. The average molecular weight is 305 g/mol. The minimum Gasteiger partial charge on any atom is -0.355 e. The van der Waals surface area contributed by atoms with Crippen LogP contribution in [0.2, 0.25) is 0 Å². The Bertz CT molecular complexity index is 556. The molecule has 0 spiro atoms. The second-order valence-electron chi connectivity index (χ2n) is 6.10. The van der Waals surface area contributed by atoms with E-state index in [1.165, 1.54) is 6.92 Å². The summed E-state index contributed by atoms with van der Waals surface area (Å²) >= 11 is 0. The van der Waals surface area contributed by atoms with Crippen LogP contribution in [-0.2, 0) is 9.59 Å². The molecule has 2 N–H and O–H groups in total. The maximum atomic E-state index is 12.1. The zero-order valence-corrected chi connectivity index (χ0v) is 12.9. The van der Waals surface area contributed by atoms with Gasteiger partial charge in [0.15, 0.2) is 5.82 Å². The summed E-state index contributed by atoms with van der Waals surface area (Å²) in [6, 6.07) is 2.07. The number of likely N-dealkylation sites (tertiary alicyclic amines) is 1. The molecule has 0 bridgehead atoms. The first-order valence-corrected chi connectivity index (χ1v) is 7.98. The number of rotatable bonds is 3. The van der Waals surface area contributed by atoms with Gasteiger partial charge in [-0.2, -0.15) is 5.10 Å². The van der Waals surface area contributed by atoms with E-state index < -0.39 is 0 Å². The minimum absolute atomic E-state index is 0.00197. The molecule has 0 unspecified atom stereocenters. The van der Waals surface area contributed by atoms with Crippen molar-refractivity contribution in [3.63, 3.8) is 0 Å². The van der Waals surface area contributed by atoms with E-state index in [0.29, 0.717) is 5.82 Å². The molecule has 7 heteroatoms. The molecule has 7 nitrogen and oxygen atoms in total. The molecule has 0 aromatic carbocycles. The lowest BCUT2D eigenvalue weighted by molar-refractivity contribution is -0.125. The van der Waals surface area contributed by atoms with E-state index in [1.807, 2.05) is 16.9 Å². The summed E-state index contributed by atoms with van der Waals surface area (Å²) in [7, 11) is 0. The van der Waals surface area contributed by atoms with Crippen LogP contribution in [0.5, 0.6) is 0 Å². The molecule has 120 valence electrons. The van der Waals surface area contributed by atoms with Crippen molar-refractivity contribution in [2.45, 2.75) is 44.7 Å². The molecular formula is C15H23N5O2. The maximum Gasteiger partial charge on any atom is 0.237 e. The number of nitrogens with zero attached hydrogens (tertiary/aromatic N) is 3. The molecule has 2 aliphatic rings. The van der Waals surface area contributed by atoms with Crippen LogP contribution in [0.1, 0.15) is 38.6 Å². The largest absolute Gasteiger partial charge is 0.355 e. The number of amides is 2. The van der Waals surface area contributed by atoms with Crippen LogP contribution < -0.4 is 10.6 Å². The van der Waals surface area contributed by atoms with Gasteiger partial charge in [0.25, 0.3) is 0 Å². The molecule has 2 atom stereocenters. The molecule has 1 aromatic heterocycles. The summed E-state index contributed by atoms with van der Waals surface area (Å²) in [5.74, 6) is 0.629. The van der Waals surface area contributed by atoms with Gasteiger partial charge in [0, 0.05) is 38.8 Å². The number of nitrogens with one attached hydrogen (secondary N) is 2. The molecule has 2 saturated heterocycles. The molecule has 3 heterocycles. The number of aromatic nitrogens is 2. The van der Waals surface area contributed by atoms with Crippen LogP contribution in [0.15, 0.2) is 12.3 Å². The van der Waals surface area contributed by atoms with E-state index in [-0.39, 0.29) is 23.9 Å². The van der Waals surface area contributed by atoms with Crippen LogP contribution in [0.3, 0.4) is 0 Å². The first kappa shape index (κ1) is 15.0. The summed E-state index contributed by atoms with van der Waals surface area (Å²) < 4.78 is 1.90. The fourth-order valence-electron chi connectivity index (χ4n) is 3.33. The molecule has 0 saturated carbocycles. The third kappa shape index (κ3) is 3.30. The molecule has 2 amide bonds. The topological polar surface area (TPSA) is 79.3 Å². The Morgan fingerprint density at radius 1 is 1.41 bits per heavy atom. The van der Waals surface area contributed by atoms with Crippen LogP contribution in [-0.4, -0.2) is 52.2 Å². The van der Waals surface area contributed by atoms with Crippen molar-refractivity contribution in [3.8, 4) is 0 Å². The van der Waals surface area contributed by atoms with E-state index in [1.54, 1.807) is 0 Å². The molecular weight excluding hydrogens is 282 g/mol. The van der Waals surface area contributed by atoms with Gasteiger partial charge >= 0.3 is 0 Å².